The molecule has 1 N–H and O–H groups in total. The quantitative estimate of drug-likeness (QED) is 0.610. The van der Waals surface area contributed by atoms with Crippen molar-refractivity contribution in [3.63, 3.8) is 0 Å². The van der Waals surface area contributed by atoms with Gasteiger partial charge >= 0.3 is 0 Å². The summed E-state index contributed by atoms with van der Waals surface area (Å²) in [4.78, 5) is 0. The van der Waals surface area contributed by atoms with Crippen molar-refractivity contribution in [2.45, 2.75) is 58.6 Å². The Hall–Kier alpha value is -0.800. The maximum atomic E-state index is 5.54. The second-order valence-electron chi connectivity index (χ2n) is 4.69. The van der Waals surface area contributed by atoms with E-state index in [1.165, 1.54) is 25.7 Å². The van der Waals surface area contributed by atoms with E-state index in [9.17, 15) is 0 Å². The molecule has 0 aliphatic carbocycles. The predicted molar refractivity (Wildman–Crippen MR) is 74.6 cm³/mol. The summed E-state index contributed by atoms with van der Waals surface area (Å²) in [6.07, 6.45) is 7.85. The Labute approximate surface area is 111 Å². The standard InChI is InChI=1S/C15H27NO2/c1-3-5-8-14(4-2)16-10-7-11-17-13-15-9-6-12-18-15/h6,9,12,14,16H,3-5,7-8,10-11,13H2,1-2H3. The summed E-state index contributed by atoms with van der Waals surface area (Å²) in [5.41, 5.74) is 0. The molecule has 0 aliphatic rings. The van der Waals surface area contributed by atoms with Gasteiger partial charge in [0.1, 0.15) is 12.4 Å². The van der Waals surface area contributed by atoms with Crippen LogP contribution in [0.1, 0.15) is 51.7 Å². The lowest BCUT2D eigenvalue weighted by Gasteiger charge is -2.16. The van der Waals surface area contributed by atoms with E-state index in [0.29, 0.717) is 12.6 Å². The number of ether oxygens (including phenoxy) is 1. The fourth-order valence-electron chi connectivity index (χ4n) is 1.95. The third kappa shape index (κ3) is 6.82. The molecule has 3 heteroatoms. The van der Waals surface area contributed by atoms with Crippen LogP contribution in [0.25, 0.3) is 0 Å². The molecule has 3 nitrogen and oxygen atoms in total. The molecule has 1 unspecified atom stereocenters. The van der Waals surface area contributed by atoms with Gasteiger partial charge in [0.05, 0.1) is 6.26 Å². The van der Waals surface area contributed by atoms with Crippen LogP contribution in [0, 0.1) is 0 Å². The average molecular weight is 253 g/mol. The summed E-state index contributed by atoms with van der Waals surface area (Å²) in [6.45, 7) is 6.91. The number of hydrogen-bond acceptors (Lipinski definition) is 3. The summed E-state index contributed by atoms with van der Waals surface area (Å²) in [6, 6.07) is 4.51. The van der Waals surface area contributed by atoms with Gasteiger partial charge in [-0.3, -0.25) is 0 Å². The van der Waals surface area contributed by atoms with Crippen molar-refractivity contribution in [2.75, 3.05) is 13.2 Å². The minimum atomic E-state index is 0.583. The van der Waals surface area contributed by atoms with Gasteiger partial charge in [0, 0.05) is 12.6 Å². The van der Waals surface area contributed by atoms with E-state index >= 15 is 0 Å². The molecule has 0 amide bonds. The Morgan fingerprint density at radius 1 is 1.33 bits per heavy atom. The highest BCUT2D eigenvalue weighted by Gasteiger charge is 2.03. The van der Waals surface area contributed by atoms with E-state index in [0.717, 1.165) is 25.3 Å². The summed E-state index contributed by atoms with van der Waals surface area (Å²) in [5, 5.41) is 3.59. The molecule has 18 heavy (non-hydrogen) atoms. The lowest BCUT2D eigenvalue weighted by molar-refractivity contribution is 0.103. The molecule has 104 valence electrons. The van der Waals surface area contributed by atoms with E-state index in [-0.39, 0.29) is 0 Å². The van der Waals surface area contributed by atoms with E-state index in [2.05, 4.69) is 19.2 Å². The molecule has 0 aliphatic heterocycles. The molecule has 0 aromatic carbocycles. The third-order valence-electron chi connectivity index (χ3n) is 3.12. The summed E-state index contributed by atoms with van der Waals surface area (Å²) < 4.78 is 10.7. The van der Waals surface area contributed by atoms with Crippen LogP contribution >= 0.6 is 0 Å². The van der Waals surface area contributed by atoms with Crippen LogP contribution in [-0.2, 0) is 11.3 Å². The first-order valence-electron chi connectivity index (χ1n) is 7.20. The number of unbranched alkanes of at least 4 members (excludes halogenated alkanes) is 1. The maximum Gasteiger partial charge on any atom is 0.129 e. The van der Waals surface area contributed by atoms with Crippen molar-refractivity contribution < 1.29 is 9.15 Å². The fourth-order valence-corrected chi connectivity index (χ4v) is 1.95. The van der Waals surface area contributed by atoms with Crippen LogP contribution < -0.4 is 5.32 Å². The highest BCUT2D eigenvalue weighted by Crippen LogP contribution is 2.04. The highest BCUT2D eigenvalue weighted by atomic mass is 16.5. The number of hydrogen-bond donors (Lipinski definition) is 1. The molecule has 0 bridgehead atoms. The number of nitrogens with one attached hydrogen (secondary N) is 1. The van der Waals surface area contributed by atoms with Gasteiger partial charge in [0.2, 0.25) is 0 Å². The van der Waals surface area contributed by atoms with Crippen molar-refractivity contribution >= 4 is 0 Å². The first-order chi connectivity index (χ1) is 8.86. The molecule has 1 atom stereocenters. The molecule has 0 spiro atoms. The van der Waals surface area contributed by atoms with Gasteiger partial charge in [-0.2, -0.15) is 0 Å². The molecule has 1 rings (SSSR count). The second-order valence-corrected chi connectivity index (χ2v) is 4.69. The van der Waals surface area contributed by atoms with Gasteiger partial charge in [-0.1, -0.05) is 26.7 Å². The molecular weight excluding hydrogens is 226 g/mol. The zero-order valence-corrected chi connectivity index (χ0v) is 11.8. The largest absolute Gasteiger partial charge is 0.467 e. The number of furan rings is 1. The van der Waals surface area contributed by atoms with Gasteiger partial charge < -0.3 is 14.5 Å². The van der Waals surface area contributed by atoms with Gasteiger partial charge in [0.15, 0.2) is 0 Å². The van der Waals surface area contributed by atoms with Gasteiger partial charge in [-0.25, -0.2) is 0 Å². The van der Waals surface area contributed by atoms with Gasteiger partial charge in [0.25, 0.3) is 0 Å². The lowest BCUT2D eigenvalue weighted by Crippen LogP contribution is -2.29. The Kier molecular flexibility index (Phi) is 8.61. The van der Waals surface area contributed by atoms with Crippen LogP contribution in [0.2, 0.25) is 0 Å². The normalized spacial score (nSPS) is 12.8. The molecule has 0 saturated heterocycles. The first-order valence-corrected chi connectivity index (χ1v) is 7.20. The zero-order valence-electron chi connectivity index (χ0n) is 11.8. The monoisotopic (exact) mass is 253 g/mol. The van der Waals surface area contributed by atoms with E-state index in [4.69, 9.17) is 9.15 Å². The predicted octanol–water partition coefficient (Wildman–Crippen LogP) is 3.74. The third-order valence-corrected chi connectivity index (χ3v) is 3.12. The smallest absolute Gasteiger partial charge is 0.129 e. The van der Waals surface area contributed by atoms with Crippen molar-refractivity contribution in [1.29, 1.82) is 0 Å². The SMILES string of the molecule is CCCCC(CC)NCCCOCc1ccco1. The minimum Gasteiger partial charge on any atom is -0.467 e. The summed E-state index contributed by atoms with van der Waals surface area (Å²) in [5.74, 6) is 0.900. The highest BCUT2D eigenvalue weighted by molar-refractivity contribution is 4.95. The average Bonchev–Trinajstić information content (AvgIpc) is 2.90. The van der Waals surface area contributed by atoms with Crippen LogP contribution in [0.3, 0.4) is 0 Å². The van der Waals surface area contributed by atoms with Crippen LogP contribution in [-0.4, -0.2) is 19.2 Å². The van der Waals surface area contributed by atoms with Gasteiger partial charge in [-0.05, 0) is 37.9 Å². The first kappa shape index (κ1) is 15.3. The Balaban J connectivity index is 1.93. The van der Waals surface area contributed by atoms with Crippen LogP contribution in [0.15, 0.2) is 22.8 Å². The fraction of sp³-hybridized carbons (Fsp3) is 0.733. The molecular formula is C15H27NO2. The summed E-state index contributed by atoms with van der Waals surface area (Å²) >= 11 is 0. The molecule has 0 saturated carbocycles. The molecule has 0 radical (unpaired) electrons. The minimum absolute atomic E-state index is 0.583. The van der Waals surface area contributed by atoms with E-state index in [1.807, 2.05) is 12.1 Å². The van der Waals surface area contributed by atoms with Crippen molar-refractivity contribution in [3.05, 3.63) is 24.2 Å². The van der Waals surface area contributed by atoms with Crippen LogP contribution in [0.4, 0.5) is 0 Å². The van der Waals surface area contributed by atoms with Crippen molar-refractivity contribution in [1.82, 2.24) is 5.32 Å². The maximum absolute atomic E-state index is 5.54. The van der Waals surface area contributed by atoms with Crippen molar-refractivity contribution in [2.24, 2.45) is 0 Å². The van der Waals surface area contributed by atoms with E-state index in [1.54, 1.807) is 6.26 Å². The Morgan fingerprint density at radius 3 is 2.89 bits per heavy atom. The second kappa shape index (κ2) is 10.2. The molecule has 1 heterocycles. The summed E-state index contributed by atoms with van der Waals surface area (Å²) in [7, 11) is 0. The number of rotatable bonds is 11. The van der Waals surface area contributed by atoms with E-state index < -0.39 is 0 Å². The van der Waals surface area contributed by atoms with Crippen LogP contribution in [0.5, 0.6) is 0 Å². The molecule has 1 aromatic rings. The van der Waals surface area contributed by atoms with Crippen molar-refractivity contribution in [3.8, 4) is 0 Å². The Bertz CT molecular complexity index is 272. The lowest BCUT2D eigenvalue weighted by atomic mass is 10.1. The van der Waals surface area contributed by atoms with Gasteiger partial charge in [-0.15, -0.1) is 0 Å². The molecule has 0 fully saturated rings. The zero-order chi connectivity index (χ0) is 13.1. The topological polar surface area (TPSA) is 34.4 Å². The Morgan fingerprint density at radius 2 is 2.22 bits per heavy atom. The molecule has 1 aromatic heterocycles.